The Kier molecular flexibility index (Phi) is 3.60. The number of carbonyl (C=O) groups is 2. The van der Waals surface area contributed by atoms with Gasteiger partial charge in [-0.25, -0.2) is 8.42 Å². The quantitative estimate of drug-likeness (QED) is 0.240. The van der Waals surface area contributed by atoms with E-state index in [1.807, 2.05) is 0 Å². The summed E-state index contributed by atoms with van der Waals surface area (Å²) in [6, 6.07) is 0. The third-order valence-electron chi connectivity index (χ3n) is 0.992. The Morgan fingerprint density at radius 3 is 1.67 bits per heavy atom. The van der Waals surface area contributed by atoms with E-state index in [-0.39, 0.29) is 33.9 Å². The molecule has 0 aromatic carbocycles. The van der Waals surface area contributed by atoms with Crippen molar-refractivity contribution >= 4 is 22.1 Å². The Morgan fingerprint density at radius 1 is 1.17 bits per heavy atom. The zero-order valence-corrected chi connectivity index (χ0v) is 8.87. The Hall–Kier alpha value is -0.210. The van der Waals surface area contributed by atoms with Crippen LogP contribution in [0.25, 0.3) is 0 Å². The van der Waals surface area contributed by atoms with Crippen LogP contribution in [0.15, 0.2) is 12.2 Å². The summed E-state index contributed by atoms with van der Waals surface area (Å²) < 4.78 is 30.1. The van der Waals surface area contributed by atoms with Crippen molar-refractivity contribution in [2.75, 3.05) is 0 Å². The third kappa shape index (κ3) is 2.14. The zero-order valence-electron chi connectivity index (χ0n) is 6.05. The first-order chi connectivity index (χ1) is 4.93. The summed E-state index contributed by atoms with van der Waals surface area (Å²) in [4.78, 5) is 20.9. The van der Waals surface area contributed by atoms with Gasteiger partial charge in [0.15, 0.2) is 10.3 Å². The molecule has 0 atom stereocenters. The molecule has 0 radical (unpaired) electrons. The van der Waals surface area contributed by atoms with E-state index < -0.39 is 22.1 Å². The second kappa shape index (κ2) is 3.67. The molecule has 0 bridgehead atoms. The van der Waals surface area contributed by atoms with E-state index >= 15 is 0 Å². The topological polar surface area (TPSA) is 94.6 Å². The van der Waals surface area contributed by atoms with Gasteiger partial charge in [0.25, 0.3) is 11.8 Å². The van der Waals surface area contributed by atoms with E-state index in [4.69, 9.17) is 0 Å². The summed E-state index contributed by atoms with van der Waals surface area (Å²) in [5.74, 6) is -2.24. The summed E-state index contributed by atoms with van der Waals surface area (Å²) >= 11 is 0. The van der Waals surface area contributed by atoms with Crippen LogP contribution in [-0.2, 0) is 19.9 Å². The normalized spacial score (nSPS) is 16.6. The van der Waals surface area contributed by atoms with Gasteiger partial charge in [-0.05, 0) is 0 Å². The van der Waals surface area contributed by atoms with Gasteiger partial charge >= 0.3 is 29.6 Å². The largest absolute Gasteiger partial charge is 1.00 e. The van der Waals surface area contributed by atoms with E-state index in [1.54, 1.807) is 0 Å². The second-order valence-electron chi connectivity index (χ2n) is 1.73. The molecule has 1 heterocycles. The van der Waals surface area contributed by atoms with Crippen LogP contribution in [0.5, 0.6) is 0 Å². The molecule has 0 saturated carbocycles. The van der Waals surface area contributed by atoms with Crippen molar-refractivity contribution in [2.24, 2.45) is 0 Å². The smallest absolute Gasteiger partial charge is 0.730 e. The molecule has 60 valence electrons. The van der Waals surface area contributed by atoms with Gasteiger partial charge in [-0.2, -0.15) is 4.31 Å². The Bertz CT molecular complexity index is 326. The van der Waals surface area contributed by atoms with Gasteiger partial charge in [-0.15, -0.1) is 0 Å². The molecular formula is C4H2NNaO5S. The van der Waals surface area contributed by atoms with Gasteiger partial charge < -0.3 is 4.55 Å². The molecule has 1 aliphatic heterocycles. The molecule has 6 nitrogen and oxygen atoms in total. The standard InChI is InChI=1S/C4H3NO5S.Na/c6-3-1-2-4(7)5(3)11(8,9)10;/h1-2H,(H,8,9,10);/q;+1/p-1. The summed E-state index contributed by atoms with van der Waals surface area (Å²) in [7, 11) is -4.98. The maximum Gasteiger partial charge on any atom is 1.00 e. The molecule has 0 aliphatic carbocycles. The summed E-state index contributed by atoms with van der Waals surface area (Å²) in [6.07, 6.45) is 1.44. The molecule has 2 amide bonds. The summed E-state index contributed by atoms with van der Waals surface area (Å²) in [5, 5.41) is 0. The minimum Gasteiger partial charge on any atom is -0.730 e. The predicted molar refractivity (Wildman–Crippen MR) is 30.7 cm³/mol. The fraction of sp³-hybridized carbons (Fsp3) is 0. The number of carbonyl (C=O) groups excluding carboxylic acids is 2. The van der Waals surface area contributed by atoms with E-state index in [1.165, 1.54) is 0 Å². The number of nitrogens with zero attached hydrogens (tertiary/aromatic N) is 1. The number of rotatable bonds is 1. The van der Waals surface area contributed by atoms with Crippen LogP contribution >= 0.6 is 0 Å². The van der Waals surface area contributed by atoms with Crippen molar-refractivity contribution in [1.82, 2.24) is 4.31 Å². The van der Waals surface area contributed by atoms with Gasteiger partial charge in [0, 0.05) is 12.2 Å². The summed E-state index contributed by atoms with van der Waals surface area (Å²) in [5.41, 5.74) is 0. The molecule has 0 N–H and O–H groups in total. The molecule has 8 heteroatoms. The van der Waals surface area contributed by atoms with E-state index in [9.17, 15) is 22.6 Å². The Labute approximate surface area is 90.4 Å². The molecular weight excluding hydrogens is 197 g/mol. The van der Waals surface area contributed by atoms with Gasteiger partial charge in [0.05, 0.1) is 0 Å². The first kappa shape index (κ1) is 11.8. The maximum absolute atomic E-state index is 10.5. The van der Waals surface area contributed by atoms with Crippen LogP contribution in [0, 0.1) is 0 Å². The van der Waals surface area contributed by atoms with Crippen molar-refractivity contribution in [3.8, 4) is 0 Å². The molecule has 0 fully saturated rings. The monoisotopic (exact) mass is 199 g/mol. The van der Waals surface area contributed by atoms with Crippen LogP contribution in [0.4, 0.5) is 0 Å². The molecule has 12 heavy (non-hydrogen) atoms. The van der Waals surface area contributed by atoms with E-state index in [0.717, 1.165) is 12.2 Å². The molecule has 0 aromatic rings. The minimum absolute atomic E-state index is 0. The first-order valence-electron chi connectivity index (χ1n) is 2.45. The fourth-order valence-corrected chi connectivity index (χ4v) is 1.17. The van der Waals surface area contributed by atoms with Crippen molar-refractivity contribution in [1.29, 1.82) is 0 Å². The van der Waals surface area contributed by atoms with Gasteiger partial charge in [-0.3, -0.25) is 9.59 Å². The predicted octanol–water partition coefficient (Wildman–Crippen LogP) is -4.62. The van der Waals surface area contributed by atoms with Crippen LogP contribution in [-0.4, -0.2) is 29.1 Å². The van der Waals surface area contributed by atoms with Crippen molar-refractivity contribution < 1.29 is 52.1 Å². The van der Waals surface area contributed by atoms with E-state index in [0.29, 0.717) is 0 Å². The minimum atomic E-state index is -4.98. The van der Waals surface area contributed by atoms with Gasteiger partial charge in [-0.1, -0.05) is 0 Å². The fourth-order valence-electron chi connectivity index (χ4n) is 0.607. The molecule has 0 aromatic heterocycles. The number of amides is 2. The number of hydrogen-bond acceptors (Lipinski definition) is 5. The molecule has 0 unspecified atom stereocenters. The van der Waals surface area contributed by atoms with Crippen LogP contribution in [0.3, 0.4) is 0 Å². The Morgan fingerprint density at radius 2 is 1.50 bits per heavy atom. The number of hydrogen-bond donors (Lipinski definition) is 0. The van der Waals surface area contributed by atoms with Gasteiger partial charge in [0.2, 0.25) is 0 Å². The second-order valence-corrected chi connectivity index (χ2v) is 2.95. The maximum atomic E-state index is 10.5. The third-order valence-corrected chi connectivity index (χ3v) is 1.80. The van der Waals surface area contributed by atoms with Crippen LogP contribution in [0.2, 0.25) is 0 Å². The molecule has 1 rings (SSSR count). The van der Waals surface area contributed by atoms with Crippen molar-refractivity contribution in [3.05, 3.63) is 12.2 Å². The van der Waals surface area contributed by atoms with E-state index in [2.05, 4.69) is 0 Å². The number of imide groups is 1. The SMILES string of the molecule is O=C1C=CC(=O)N1S(=O)(=O)[O-].[Na+]. The molecule has 0 saturated heterocycles. The summed E-state index contributed by atoms with van der Waals surface area (Å²) in [6.45, 7) is 0. The Balaban J connectivity index is 0.00000121. The average Bonchev–Trinajstić information content (AvgIpc) is 2.08. The van der Waals surface area contributed by atoms with Crippen molar-refractivity contribution in [3.63, 3.8) is 0 Å². The van der Waals surface area contributed by atoms with Crippen molar-refractivity contribution in [2.45, 2.75) is 0 Å². The van der Waals surface area contributed by atoms with Gasteiger partial charge in [0.1, 0.15) is 0 Å². The zero-order chi connectivity index (χ0) is 8.65. The first-order valence-corrected chi connectivity index (χ1v) is 3.81. The van der Waals surface area contributed by atoms with Crippen LogP contribution < -0.4 is 29.6 Å². The molecule has 1 aliphatic rings. The average molecular weight is 199 g/mol. The molecule has 0 spiro atoms. The van der Waals surface area contributed by atoms with Crippen LogP contribution in [0.1, 0.15) is 0 Å².